The van der Waals surface area contributed by atoms with Crippen LogP contribution in [0.15, 0.2) is 30.5 Å². The molecule has 0 aliphatic carbocycles. The molecule has 0 spiro atoms. The Bertz CT molecular complexity index is 577. The number of H-pyrrole nitrogens is 1. The molecule has 0 fully saturated rings. The van der Waals surface area contributed by atoms with Gasteiger partial charge in [0.1, 0.15) is 6.29 Å². The van der Waals surface area contributed by atoms with Crippen LogP contribution >= 0.6 is 0 Å². The van der Waals surface area contributed by atoms with Crippen molar-refractivity contribution in [1.29, 1.82) is 0 Å². The lowest BCUT2D eigenvalue weighted by molar-refractivity contribution is -0.123. The minimum Gasteiger partial charge on any atom is -0.361 e. The standard InChI is InChI=1S/C14H17N3O2/c1-15-8-14(19)17-11(9-18)6-10-7-16-13-5-3-2-4-12(10)13/h2-5,7,9,11,15-16H,6,8H2,1H3,(H,17,19). The summed E-state index contributed by atoms with van der Waals surface area (Å²) in [6.07, 6.45) is 3.14. The molecule has 0 saturated heterocycles. The molecule has 2 rings (SSSR count). The second-order valence-corrected chi connectivity index (χ2v) is 4.40. The highest BCUT2D eigenvalue weighted by Gasteiger charge is 2.13. The number of para-hydroxylation sites is 1. The van der Waals surface area contributed by atoms with Gasteiger partial charge in [-0.25, -0.2) is 0 Å². The monoisotopic (exact) mass is 259 g/mol. The number of nitrogens with one attached hydrogen (secondary N) is 3. The Labute approximate surface area is 111 Å². The lowest BCUT2D eigenvalue weighted by Gasteiger charge is -2.12. The maximum absolute atomic E-state index is 11.5. The van der Waals surface area contributed by atoms with E-state index in [9.17, 15) is 9.59 Å². The van der Waals surface area contributed by atoms with E-state index >= 15 is 0 Å². The second kappa shape index (κ2) is 6.15. The van der Waals surface area contributed by atoms with Crippen LogP contribution in [-0.2, 0) is 16.0 Å². The van der Waals surface area contributed by atoms with Crippen LogP contribution in [0.4, 0.5) is 0 Å². The Hall–Kier alpha value is -2.14. The van der Waals surface area contributed by atoms with Crippen LogP contribution in [0.25, 0.3) is 10.9 Å². The van der Waals surface area contributed by atoms with E-state index in [-0.39, 0.29) is 12.5 Å². The number of hydrogen-bond acceptors (Lipinski definition) is 3. The van der Waals surface area contributed by atoms with E-state index < -0.39 is 6.04 Å². The summed E-state index contributed by atoms with van der Waals surface area (Å²) < 4.78 is 0. The fraction of sp³-hybridized carbons (Fsp3) is 0.286. The van der Waals surface area contributed by atoms with Gasteiger partial charge in [0.15, 0.2) is 0 Å². The van der Waals surface area contributed by atoms with Gasteiger partial charge in [0.05, 0.1) is 12.6 Å². The van der Waals surface area contributed by atoms with Crippen molar-refractivity contribution in [2.24, 2.45) is 0 Å². The normalized spacial score (nSPS) is 12.3. The highest BCUT2D eigenvalue weighted by molar-refractivity contribution is 5.85. The number of amides is 1. The Balaban J connectivity index is 2.10. The number of rotatable bonds is 6. The maximum Gasteiger partial charge on any atom is 0.234 e. The Kier molecular flexibility index (Phi) is 4.30. The predicted octanol–water partition coefficient (Wildman–Crippen LogP) is 0.614. The first-order valence-electron chi connectivity index (χ1n) is 6.19. The molecule has 1 amide bonds. The molecule has 3 N–H and O–H groups in total. The van der Waals surface area contributed by atoms with Crippen molar-refractivity contribution >= 4 is 23.1 Å². The summed E-state index contributed by atoms with van der Waals surface area (Å²) in [5.41, 5.74) is 2.06. The van der Waals surface area contributed by atoms with Crippen LogP contribution < -0.4 is 10.6 Å². The van der Waals surface area contributed by atoms with E-state index in [2.05, 4.69) is 15.6 Å². The van der Waals surface area contributed by atoms with Crippen molar-refractivity contribution < 1.29 is 9.59 Å². The van der Waals surface area contributed by atoms with Crippen molar-refractivity contribution in [1.82, 2.24) is 15.6 Å². The van der Waals surface area contributed by atoms with Gasteiger partial charge in [0, 0.05) is 23.5 Å². The highest BCUT2D eigenvalue weighted by atomic mass is 16.2. The van der Waals surface area contributed by atoms with Gasteiger partial charge in [-0.2, -0.15) is 0 Å². The molecule has 1 unspecified atom stereocenters. The minimum absolute atomic E-state index is 0.181. The van der Waals surface area contributed by atoms with Gasteiger partial charge in [-0.3, -0.25) is 4.79 Å². The second-order valence-electron chi connectivity index (χ2n) is 4.40. The molecule has 5 nitrogen and oxygen atoms in total. The summed E-state index contributed by atoms with van der Waals surface area (Å²) >= 11 is 0. The third-order valence-electron chi connectivity index (χ3n) is 2.96. The fourth-order valence-electron chi connectivity index (χ4n) is 2.09. The van der Waals surface area contributed by atoms with Crippen molar-refractivity contribution in [3.05, 3.63) is 36.0 Å². The number of aldehydes is 1. The van der Waals surface area contributed by atoms with Gasteiger partial charge in [0.25, 0.3) is 0 Å². The minimum atomic E-state index is -0.500. The predicted molar refractivity (Wildman–Crippen MR) is 73.9 cm³/mol. The number of hydrogen-bond donors (Lipinski definition) is 3. The SMILES string of the molecule is CNCC(=O)NC(C=O)Cc1c[nH]c2ccccc12. The number of carbonyl (C=O) groups is 2. The Morgan fingerprint density at radius 1 is 1.42 bits per heavy atom. The van der Waals surface area contributed by atoms with E-state index in [4.69, 9.17) is 0 Å². The molecule has 100 valence electrons. The summed E-state index contributed by atoms with van der Waals surface area (Å²) in [7, 11) is 1.69. The number of likely N-dealkylation sites (N-methyl/N-ethyl adjacent to an activating group) is 1. The topological polar surface area (TPSA) is 74.0 Å². The van der Waals surface area contributed by atoms with Gasteiger partial charge >= 0.3 is 0 Å². The van der Waals surface area contributed by atoms with Crippen molar-refractivity contribution in [2.45, 2.75) is 12.5 Å². The first-order valence-corrected chi connectivity index (χ1v) is 6.19. The largest absolute Gasteiger partial charge is 0.361 e. The zero-order valence-corrected chi connectivity index (χ0v) is 10.8. The molecular formula is C14H17N3O2. The average Bonchev–Trinajstić information content (AvgIpc) is 2.82. The van der Waals surface area contributed by atoms with Crippen molar-refractivity contribution in [3.63, 3.8) is 0 Å². The maximum atomic E-state index is 11.5. The molecule has 0 saturated carbocycles. The van der Waals surface area contributed by atoms with E-state index in [1.165, 1.54) is 0 Å². The van der Waals surface area contributed by atoms with E-state index in [1.54, 1.807) is 7.05 Å². The third kappa shape index (κ3) is 3.20. The molecule has 5 heteroatoms. The van der Waals surface area contributed by atoms with E-state index in [0.717, 1.165) is 22.8 Å². The summed E-state index contributed by atoms with van der Waals surface area (Å²) in [5.74, 6) is -0.181. The lowest BCUT2D eigenvalue weighted by atomic mass is 10.1. The molecule has 0 radical (unpaired) electrons. The molecule has 2 aromatic rings. The van der Waals surface area contributed by atoms with Gasteiger partial charge in [0.2, 0.25) is 5.91 Å². The van der Waals surface area contributed by atoms with Crippen LogP contribution in [0.5, 0.6) is 0 Å². The van der Waals surface area contributed by atoms with Gasteiger partial charge in [-0.05, 0) is 18.7 Å². The lowest BCUT2D eigenvalue weighted by Crippen LogP contribution is -2.41. The molecule has 1 aromatic heterocycles. The molecule has 1 aromatic carbocycles. The van der Waals surface area contributed by atoms with E-state index in [1.807, 2.05) is 30.5 Å². The molecule has 0 aliphatic heterocycles. The smallest absolute Gasteiger partial charge is 0.234 e. The quantitative estimate of drug-likeness (QED) is 0.666. The zero-order valence-electron chi connectivity index (χ0n) is 10.8. The molecular weight excluding hydrogens is 242 g/mol. The summed E-state index contributed by atoms with van der Waals surface area (Å²) in [4.78, 5) is 25.7. The summed E-state index contributed by atoms with van der Waals surface area (Å²) in [6, 6.07) is 7.39. The Morgan fingerprint density at radius 3 is 2.95 bits per heavy atom. The van der Waals surface area contributed by atoms with Crippen LogP contribution in [0.2, 0.25) is 0 Å². The number of benzene rings is 1. The fourth-order valence-corrected chi connectivity index (χ4v) is 2.09. The summed E-state index contributed by atoms with van der Waals surface area (Å²) in [6.45, 7) is 0.207. The highest BCUT2D eigenvalue weighted by Crippen LogP contribution is 2.18. The van der Waals surface area contributed by atoms with E-state index in [0.29, 0.717) is 6.42 Å². The molecule has 0 aliphatic rings. The zero-order chi connectivity index (χ0) is 13.7. The van der Waals surface area contributed by atoms with Crippen molar-refractivity contribution in [3.8, 4) is 0 Å². The van der Waals surface area contributed by atoms with Crippen LogP contribution in [-0.4, -0.2) is 36.8 Å². The molecule has 0 bridgehead atoms. The summed E-state index contributed by atoms with van der Waals surface area (Å²) in [5, 5.41) is 6.52. The average molecular weight is 259 g/mol. The van der Waals surface area contributed by atoms with Gasteiger partial charge in [-0.15, -0.1) is 0 Å². The van der Waals surface area contributed by atoms with Crippen molar-refractivity contribution in [2.75, 3.05) is 13.6 Å². The van der Waals surface area contributed by atoms with Crippen LogP contribution in [0, 0.1) is 0 Å². The van der Waals surface area contributed by atoms with Gasteiger partial charge in [-0.1, -0.05) is 18.2 Å². The number of carbonyl (C=O) groups excluding carboxylic acids is 2. The molecule has 1 atom stereocenters. The third-order valence-corrected chi connectivity index (χ3v) is 2.96. The Morgan fingerprint density at radius 2 is 2.21 bits per heavy atom. The first-order chi connectivity index (χ1) is 9.24. The van der Waals surface area contributed by atoms with Gasteiger partial charge < -0.3 is 20.4 Å². The molecule has 1 heterocycles. The number of aromatic nitrogens is 1. The number of aromatic amines is 1. The van der Waals surface area contributed by atoms with Crippen LogP contribution in [0.3, 0.4) is 0 Å². The molecule has 19 heavy (non-hydrogen) atoms. The van der Waals surface area contributed by atoms with Crippen LogP contribution in [0.1, 0.15) is 5.56 Å². The first kappa shape index (κ1) is 13.3. The number of fused-ring (bicyclic) bond motifs is 1.